The SMILES string of the molecule is COc1nc2c(cc1Nc1ncnc3[nH]c(C(=O)O)c(Br)c13)C=NC2. The summed E-state index contributed by atoms with van der Waals surface area (Å²) in [7, 11) is 1.53. The quantitative estimate of drug-likeness (QED) is 0.611. The summed E-state index contributed by atoms with van der Waals surface area (Å²) in [4.78, 5) is 31.0. The third kappa shape index (κ3) is 2.50. The van der Waals surface area contributed by atoms with Crippen molar-refractivity contribution in [1.29, 1.82) is 0 Å². The smallest absolute Gasteiger partial charge is 0.353 e. The number of aromatic nitrogens is 4. The maximum absolute atomic E-state index is 11.3. The van der Waals surface area contributed by atoms with E-state index in [4.69, 9.17) is 4.74 Å². The summed E-state index contributed by atoms with van der Waals surface area (Å²) in [6.07, 6.45) is 3.09. The number of nitrogens with one attached hydrogen (secondary N) is 2. The van der Waals surface area contributed by atoms with Gasteiger partial charge in [-0.2, -0.15) is 0 Å². The number of nitrogens with zero attached hydrogens (tertiary/aromatic N) is 4. The zero-order valence-electron chi connectivity index (χ0n) is 12.9. The molecule has 0 atom stereocenters. The molecule has 9 nitrogen and oxygen atoms in total. The van der Waals surface area contributed by atoms with Crippen molar-refractivity contribution in [3.8, 4) is 5.88 Å². The van der Waals surface area contributed by atoms with Crippen molar-refractivity contribution in [2.45, 2.75) is 6.54 Å². The van der Waals surface area contributed by atoms with Gasteiger partial charge >= 0.3 is 5.97 Å². The van der Waals surface area contributed by atoms with Crippen molar-refractivity contribution in [1.82, 2.24) is 19.9 Å². The van der Waals surface area contributed by atoms with Gasteiger partial charge in [-0.15, -0.1) is 0 Å². The lowest BCUT2D eigenvalue weighted by Gasteiger charge is -2.12. The first-order chi connectivity index (χ1) is 12.1. The van der Waals surface area contributed by atoms with Crippen LogP contribution in [0.5, 0.6) is 5.88 Å². The topological polar surface area (TPSA) is 125 Å². The number of ether oxygens (including phenoxy) is 1. The number of hydrogen-bond donors (Lipinski definition) is 3. The van der Waals surface area contributed by atoms with E-state index in [2.05, 4.69) is 46.2 Å². The van der Waals surface area contributed by atoms with E-state index < -0.39 is 5.97 Å². The molecular weight excluding hydrogens is 392 g/mol. The Kier molecular flexibility index (Phi) is 3.61. The highest BCUT2D eigenvalue weighted by atomic mass is 79.9. The number of hydrogen-bond acceptors (Lipinski definition) is 7. The molecule has 3 aromatic rings. The number of aliphatic imine (C=N–C) groups is 1. The molecule has 25 heavy (non-hydrogen) atoms. The number of halogens is 1. The van der Waals surface area contributed by atoms with Crippen LogP contribution in [0.25, 0.3) is 11.0 Å². The van der Waals surface area contributed by atoms with Gasteiger partial charge in [0.25, 0.3) is 0 Å². The van der Waals surface area contributed by atoms with Crippen LogP contribution >= 0.6 is 15.9 Å². The molecular formula is C15H11BrN6O3. The van der Waals surface area contributed by atoms with Crippen LogP contribution in [0, 0.1) is 0 Å². The predicted octanol–water partition coefficient (Wildman–Crippen LogP) is 2.50. The maximum atomic E-state index is 11.3. The minimum atomic E-state index is -1.09. The molecule has 0 radical (unpaired) electrons. The lowest BCUT2D eigenvalue weighted by molar-refractivity contribution is 0.0690. The summed E-state index contributed by atoms with van der Waals surface area (Å²) in [6, 6.07) is 1.87. The fourth-order valence-corrected chi connectivity index (χ4v) is 3.26. The standard InChI is InChI=1S/C15H11BrN6O3/c1-25-14-7(2-6-3-17-4-8(6)21-14)20-12-9-10(16)11(15(23)24)22-13(9)19-5-18-12/h2-3,5H,4H2,1H3,(H,23,24)(H2,18,19,20,22). The molecule has 4 heterocycles. The number of carboxylic acid groups (broad SMARTS) is 1. The zero-order valence-corrected chi connectivity index (χ0v) is 14.5. The number of aromatic carboxylic acids is 1. The Morgan fingerprint density at radius 1 is 1.44 bits per heavy atom. The van der Waals surface area contributed by atoms with Crippen LogP contribution in [0.4, 0.5) is 11.5 Å². The molecule has 0 saturated carbocycles. The Bertz CT molecular complexity index is 1050. The highest BCUT2D eigenvalue weighted by Crippen LogP contribution is 2.35. The Morgan fingerprint density at radius 2 is 2.28 bits per heavy atom. The zero-order chi connectivity index (χ0) is 17.6. The molecule has 10 heteroatoms. The molecule has 0 saturated heterocycles. The summed E-state index contributed by atoms with van der Waals surface area (Å²) in [6.45, 7) is 0.523. The van der Waals surface area contributed by atoms with Crippen molar-refractivity contribution in [2.24, 2.45) is 4.99 Å². The number of anilines is 2. The molecule has 126 valence electrons. The number of carbonyl (C=O) groups is 1. The average molecular weight is 403 g/mol. The first-order valence-corrected chi connectivity index (χ1v) is 7.98. The fraction of sp³-hybridized carbons (Fsp3) is 0.133. The molecule has 1 aliphatic heterocycles. The molecule has 0 aromatic carbocycles. The van der Waals surface area contributed by atoms with E-state index >= 15 is 0 Å². The van der Waals surface area contributed by atoms with Gasteiger partial charge in [-0.3, -0.25) is 4.99 Å². The first-order valence-electron chi connectivity index (χ1n) is 7.18. The number of fused-ring (bicyclic) bond motifs is 2. The third-order valence-corrected chi connectivity index (χ3v) is 4.55. The van der Waals surface area contributed by atoms with Gasteiger partial charge in [-0.1, -0.05) is 0 Å². The second-order valence-corrected chi connectivity index (χ2v) is 6.03. The summed E-state index contributed by atoms with van der Waals surface area (Å²) >= 11 is 3.30. The molecule has 0 spiro atoms. The molecule has 4 rings (SSSR count). The second kappa shape index (κ2) is 5.81. The number of pyridine rings is 1. The summed E-state index contributed by atoms with van der Waals surface area (Å²) < 4.78 is 5.71. The van der Waals surface area contributed by atoms with Gasteiger partial charge in [-0.05, 0) is 22.0 Å². The molecule has 0 unspecified atom stereocenters. The van der Waals surface area contributed by atoms with Gasteiger partial charge < -0.3 is 20.1 Å². The second-order valence-electron chi connectivity index (χ2n) is 5.24. The van der Waals surface area contributed by atoms with Crippen molar-refractivity contribution in [3.63, 3.8) is 0 Å². The van der Waals surface area contributed by atoms with Crippen molar-refractivity contribution < 1.29 is 14.6 Å². The number of carboxylic acids is 1. The molecule has 0 amide bonds. The summed E-state index contributed by atoms with van der Waals surface area (Å²) in [5.74, 6) is -0.263. The third-order valence-electron chi connectivity index (χ3n) is 3.76. The van der Waals surface area contributed by atoms with Gasteiger partial charge in [0.15, 0.2) is 0 Å². The van der Waals surface area contributed by atoms with E-state index in [0.717, 1.165) is 11.3 Å². The number of methoxy groups -OCH3 is 1. The van der Waals surface area contributed by atoms with Gasteiger partial charge in [0.2, 0.25) is 5.88 Å². The van der Waals surface area contributed by atoms with Crippen LogP contribution in [0.3, 0.4) is 0 Å². The molecule has 3 N–H and O–H groups in total. The normalized spacial score (nSPS) is 12.4. The molecule has 0 aliphatic carbocycles. The van der Waals surface area contributed by atoms with E-state index in [1.54, 1.807) is 6.21 Å². The number of rotatable bonds is 4. The molecule has 3 aromatic heterocycles. The summed E-state index contributed by atoms with van der Waals surface area (Å²) in [5.41, 5.74) is 2.74. The van der Waals surface area contributed by atoms with Gasteiger partial charge in [0.1, 0.15) is 29.2 Å². The Balaban J connectivity index is 1.84. The Labute approximate surface area is 149 Å². The van der Waals surface area contributed by atoms with Crippen molar-refractivity contribution >= 4 is 50.7 Å². The van der Waals surface area contributed by atoms with Crippen molar-refractivity contribution in [3.05, 3.63) is 33.8 Å². The largest absolute Gasteiger partial charge is 0.480 e. The fourth-order valence-electron chi connectivity index (χ4n) is 2.62. The first kappa shape index (κ1) is 15.5. The van der Waals surface area contributed by atoms with Gasteiger partial charge in [0.05, 0.1) is 29.2 Å². The predicted molar refractivity (Wildman–Crippen MR) is 93.9 cm³/mol. The summed E-state index contributed by atoms with van der Waals surface area (Å²) in [5, 5.41) is 12.9. The van der Waals surface area contributed by atoms with Crippen LogP contribution in [-0.4, -0.2) is 44.3 Å². The average Bonchev–Trinajstić information content (AvgIpc) is 3.18. The number of H-pyrrole nitrogens is 1. The van der Waals surface area contributed by atoms with E-state index in [1.165, 1.54) is 13.4 Å². The number of aromatic amines is 1. The van der Waals surface area contributed by atoms with Gasteiger partial charge in [-0.25, -0.2) is 19.7 Å². The minimum Gasteiger partial charge on any atom is -0.480 e. The van der Waals surface area contributed by atoms with E-state index in [1.807, 2.05) is 6.07 Å². The molecule has 0 fully saturated rings. The Morgan fingerprint density at radius 3 is 3.04 bits per heavy atom. The van der Waals surface area contributed by atoms with Crippen molar-refractivity contribution in [2.75, 3.05) is 12.4 Å². The minimum absolute atomic E-state index is 0.00438. The highest BCUT2D eigenvalue weighted by Gasteiger charge is 2.21. The maximum Gasteiger partial charge on any atom is 0.353 e. The molecule has 0 bridgehead atoms. The highest BCUT2D eigenvalue weighted by molar-refractivity contribution is 9.10. The van der Waals surface area contributed by atoms with Crippen LogP contribution in [0.15, 0.2) is 21.9 Å². The van der Waals surface area contributed by atoms with Crippen LogP contribution < -0.4 is 10.1 Å². The lowest BCUT2D eigenvalue weighted by Crippen LogP contribution is -2.02. The van der Waals surface area contributed by atoms with E-state index in [9.17, 15) is 9.90 Å². The lowest BCUT2D eigenvalue weighted by atomic mass is 10.2. The monoisotopic (exact) mass is 402 g/mol. The van der Waals surface area contributed by atoms with E-state index in [0.29, 0.717) is 39.4 Å². The van der Waals surface area contributed by atoms with E-state index in [-0.39, 0.29) is 5.69 Å². The van der Waals surface area contributed by atoms with Gasteiger partial charge in [0, 0.05) is 11.8 Å². The molecule has 1 aliphatic rings. The van der Waals surface area contributed by atoms with Crippen LogP contribution in [0.1, 0.15) is 21.7 Å². The van der Waals surface area contributed by atoms with Crippen LogP contribution in [-0.2, 0) is 6.54 Å². The Hall–Kier alpha value is -3.01. The van der Waals surface area contributed by atoms with Crippen LogP contribution in [0.2, 0.25) is 0 Å².